The van der Waals surface area contributed by atoms with E-state index in [0.29, 0.717) is 12.6 Å². The first-order valence-electron chi connectivity index (χ1n) is 7.26. The molecular formula is C14H24N2O3S. The Hall–Kier alpha value is -0.850. The summed E-state index contributed by atoms with van der Waals surface area (Å²) in [7, 11) is -3.08. The zero-order valence-electron chi connectivity index (χ0n) is 12.0. The van der Waals surface area contributed by atoms with Crippen molar-refractivity contribution in [2.75, 3.05) is 19.3 Å². The van der Waals surface area contributed by atoms with E-state index in [2.05, 4.69) is 9.62 Å². The van der Waals surface area contributed by atoms with E-state index in [-0.39, 0.29) is 0 Å². The largest absolute Gasteiger partial charge is 0.468 e. The Kier molecular flexibility index (Phi) is 5.63. The minimum Gasteiger partial charge on any atom is -0.468 e. The van der Waals surface area contributed by atoms with Crippen LogP contribution in [0, 0.1) is 0 Å². The van der Waals surface area contributed by atoms with Gasteiger partial charge in [-0.1, -0.05) is 12.8 Å². The van der Waals surface area contributed by atoms with Gasteiger partial charge in [-0.15, -0.1) is 0 Å². The molecule has 0 spiro atoms. The SMILES string of the molecule is CS(=O)(=O)NCCCN(Cc1ccco1)C1CCCC1. The first-order chi connectivity index (χ1) is 9.54. The van der Waals surface area contributed by atoms with Crippen molar-refractivity contribution in [1.29, 1.82) is 0 Å². The molecule has 0 atom stereocenters. The number of sulfonamides is 1. The molecule has 1 aromatic rings. The molecule has 1 heterocycles. The minimum atomic E-state index is -3.08. The predicted octanol–water partition coefficient (Wildman–Crippen LogP) is 1.96. The average molecular weight is 300 g/mol. The third-order valence-electron chi connectivity index (χ3n) is 3.77. The molecule has 1 aliphatic rings. The van der Waals surface area contributed by atoms with Gasteiger partial charge in [-0.2, -0.15) is 0 Å². The van der Waals surface area contributed by atoms with Crippen LogP contribution in [0.15, 0.2) is 22.8 Å². The van der Waals surface area contributed by atoms with Crippen molar-refractivity contribution >= 4 is 10.0 Å². The van der Waals surface area contributed by atoms with E-state index < -0.39 is 10.0 Å². The van der Waals surface area contributed by atoms with Crippen LogP contribution in [0.25, 0.3) is 0 Å². The number of hydrogen-bond donors (Lipinski definition) is 1. The fraction of sp³-hybridized carbons (Fsp3) is 0.714. The lowest BCUT2D eigenvalue weighted by Gasteiger charge is -2.27. The normalized spacial score (nSPS) is 17.1. The molecule has 20 heavy (non-hydrogen) atoms. The minimum absolute atomic E-state index is 0.500. The van der Waals surface area contributed by atoms with Crippen molar-refractivity contribution in [3.05, 3.63) is 24.2 Å². The molecule has 1 fully saturated rings. The van der Waals surface area contributed by atoms with Crippen LogP contribution in [0.3, 0.4) is 0 Å². The zero-order valence-corrected chi connectivity index (χ0v) is 12.9. The fourth-order valence-electron chi connectivity index (χ4n) is 2.80. The van der Waals surface area contributed by atoms with Gasteiger partial charge in [-0.25, -0.2) is 13.1 Å². The zero-order chi connectivity index (χ0) is 14.4. The molecule has 5 nitrogen and oxygen atoms in total. The molecule has 1 N–H and O–H groups in total. The summed E-state index contributed by atoms with van der Waals surface area (Å²) in [4.78, 5) is 2.43. The molecule has 1 aromatic heterocycles. The molecule has 2 rings (SSSR count). The van der Waals surface area contributed by atoms with Gasteiger partial charge in [0.1, 0.15) is 5.76 Å². The van der Waals surface area contributed by atoms with Crippen molar-refractivity contribution in [3.8, 4) is 0 Å². The van der Waals surface area contributed by atoms with Crippen molar-refractivity contribution in [1.82, 2.24) is 9.62 Å². The number of rotatable bonds is 8. The van der Waals surface area contributed by atoms with Crippen LogP contribution in [0.4, 0.5) is 0 Å². The summed E-state index contributed by atoms with van der Waals surface area (Å²) in [5.41, 5.74) is 0. The highest BCUT2D eigenvalue weighted by Gasteiger charge is 2.22. The Morgan fingerprint density at radius 1 is 1.40 bits per heavy atom. The molecule has 1 saturated carbocycles. The summed E-state index contributed by atoms with van der Waals surface area (Å²) in [6.45, 7) is 2.21. The second-order valence-electron chi connectivity index (χ2n) is 5.51. The smallest absolute Gasteiger partial charge is 0.208 e. The van der Waals surface area contributed by atoms with Crippen LogP contribution in [0.1, 0.15) is 37.9 Å². The maximum Gasteiger partial charge on any atom is 0.208 e. The summed E-state index contributed by atoms with van der Waals surface area (Å²) < 4.78 is 30.1. The lowest BCUT2D eigenvalue weighted by atomic mass is 10.2. The molecule has 0 aliphatic heterocycles. The molecule has 0 bridgehead atoms. The first-order valence-corrected chi connectivity index (χ1v) is 9.15. The quantitative estimate of drug-likeness (QED) is 0.746. The van der Waals surface area contributed by atoms with E-state index in [0.717, 1.165) is 25.3 Å². The molecule has 0 saturated heterocycles. The number of furan rings is 1. The van der Waals surface area contributed by atoms with Gasteiger partial charge in [-0.05, 0) is 31.4 Å². The summed E-state index contributed by atoms with van der Waals surface area (Å²) >= 11 is 0. The van der Waals surface area contributed by atoms with Crippen LogP contribution < -0.4 is 4.72 Å². The molecule has 0 amide bonds. The Morgan fingerprint density at radius 2 is 2.15 bits per heavy atom. The predicted molar refractivity (Wildman–Crippen MR) is 78.8 cm³/mol. The Labute approximate surface area is 121 Å². The van der Waals surface area contributed by atoms with Gasteiger partial charge >= 0.3 is 0 Å². The van der Waals surface area contributed by atoms with E-state index in [1.165, 1.54) is 31.9 Å². The molecule has 6 heteroatoms. The van der Waals surface area contributed by atoms with E-state index in [1.807, 2.05) is 12.1 Å². The van der Waals surface area contributed by atoms with Crippen LogP contribution >= 0.6 is 0 Å². The van der Waals surface area contributed by atoms with Crippen molar-refractivity contribution in [2.24, 2.45) is 0 Å². The summed E-state index contributed by atoms with van der Waals surface area (Å²) in [6, 6.07) is 4.52. The first kappa shape index (κ1) is 15.5. The lowest BCUT2D eigenvalue weighted by molar-refractivity contribution is 0.174. The Balaban J connectivity index is 1.82. The number of nitrogens with zero attached hydrogens (tertiary/aromatic N) is 1. The molecule has 114 valence electrons. The highest BCUT2D eigenvalue weighted by atomic mass is 32.2. The van der Waals surface area contributed by atoms with E-state index in [9.17, 15) is 8.42 Å². The van der Waals surface area contributed by atoms with Gasteiger partial charge in [0.15, 0.2) is 0 Å². The van der Waals surface area contributed by atoms with Crippen LogP contribution in [-0.2, 0) is 16.6 Å². The average Bonchev–Trinajstić information content (AvgIpc) is 3.04. The molecular weight excluding hydrogens is 276 g/mol. The van der Waals surface area contributed by atoms with Gasteiger partial charge in [-0.3, -0.25) is 4.90 Å². The maximum atomic E-state index is 11.0. The number of hydrogen-bond acceptors (Lipinski definition) is 4. The molecule has 0 unspecified atom stereocenters. The van der Waals surface area contributed by atoms with E-state index in [1.54, 1.807) is 6.26 Å². The summed E-state index contributed by atoms with van der Waals surface area (Å²) in [6.07, 6.45) is 8.78. The molecule has 0 radical (unpaired) electrons. The highest BCUT2D eigenvalue weighted by Crippen LogP contribution is 2.25. The topological polar surface area (TPSA) is 62.6 Å². The van der Waals surface area contributed by atoms with E-state index >= 15 is 0 Å². The standard InChI is InChI=1S/C14H24N2O3S/c1-20(17,18)15-9-5-10-16(13-6-2-3-7-13)12-14-8-4-11-19-14/h4,8,11,13,15H,2-3,5-7,9-10,12H2,1H3. The summed E-state index contributed by atoms with van der Waals surface area (Å²) in [5.74, 6) is 0.980. The highest BCUT2D eigenvalue weighted by molar-refractivity contribution is 7.88. The van der Waals surface area contributed by atoms with Crippen molar-refractivity contribution < 1.29 is 12.8 Å². The van der Waals surface area contributed by atoms with Gasteiger partial charge in [0.25, 0.3) is 0 Å². The van der Waals surface area contributed by atoms with Crippen molar-refractivity contribution in [2.45, 2.75) is 44.7 Å². The Morgan fingerprint density at radius 3 is 2.75 bits per heavy atom. The second-order valence-corrected chi connectivity index (χ2v) is 7.34. The Bertz CT molecular complexity index is 479. The monoisotopic (exact) mass is 300 g/mol. The van der Waals surface area contributed by atoms with Crippen LogP contribution in [0.5, 0.6) is 0 Å². The third-order valence-corrected chi connectivity index (χ3v) is 4.49. The third kappa shape index (κ3) is 5.26. The van der Waals surface area contributed by atoms with Crippen LogP contribution in [-0.4, -0.2) is 38.7 Å². The molecule has 0 aromatic carbocycles. The van der Waals surface area contributed by atoms with Crippen molar-refractivity contribution in [3.63, 3.8) is 0 Å². The summed E-state index contributed by atoms with van der Waals surface area (Å²) in [5, 5.41) is 0. The maximum absolute atomic E-state index is 11.0. The van der Waals surface area contributed by atoms with Gasteiger partial charge < -0.3 is 4.42 Å². The van der Waals surface area contributed by atoms with Gasteiger partial charge in [0, 0.05) is 19.1 Å². The van der Waals surface area contributed by atoms with E-state index in [4.69, 9.17) is 4.42 Å². The number of nitrogens with one attached hydrogen (secondary N) is 1. The van der Waals surface area contributed by atoms with Crippen LogP contribution in [0.2, 0.25) is 0 Å². The second kappa shape index (κ2) is 7.24. The molecule has 1 aliphatic carbocycles. The fourth-order valence-corrected chi connectivity index (χ4v) is 3.32. The van der Waals surface area contributed by atoms with Gasteiger partial charge in [0.05, 0.1) is 19.1 Å². The lowest BCUT2D eigenvalue weighted by Crippen LogP contribution is -2.35. The van der Waals surface area contributed by atoms with Gasteiger partial charge in [0.2, 0.25) is 10.0 Å².